The maximum absolute atomic E-state index is 5.85. The van der Waals surface area contributed by atoms with Crippen molar-refractivity contribution < 1.29 is 9.47 Å². The van der Waals surface area contributed by atoms with E-state index in [9.17, 15) is 0 Å². The molecule has 1 aromatic carbocycles. The number of hydrogen-bond donors (Lipinski definition) is 0. The van der Waals surface area contributed by atoms with Crippen molar-refractivity contribution in [1.82, 2.24) is 4.98 Å². The molecular formula is C16H16BrNO2. The Kier molecular flexibility index (Phi) is 4.33. The first kappa shape index (κ1) is 13.6. The summed E-state index contributed by atoms with van der Waals surface area (Å²) in [6.07, 6.45) is 4.12. The molecule has 20 heavy (non-hydrogen) atoms. The molecule has 1 saturated carbocycles. The summed E-state index contributed by atoms with van der Waals surface area (Å²) in [6, 6.07) is 14.0. The van der Waals surface area contributed by atoms with Crippen LogP contribution in [0, 0.1) is 0 Å². The van der Waals surface area contributed by atoms with Gasteiger partial charge < -0.3 is 9.47 Å². The Hall–Kier alpha value is -1.39. The van der Waals surface area contributed by atoms with Crippen LogP contribution in [-0.2, 0) is 11.3 Å². The van der Waals surface area contributed by atoms with E-state index in [0.717, 1.165) is 17.3 Å². The summed E-state index contributed by atoms with van der Waals surface area (Å²) in [4.78, 5) is 4.19. The van der Waals surface area contributed by atoms with Gasteiger partial charge in [0.05, 0.1) is 12.7 Å². The van der Waals surface area contributed by atoms with Gasteiger partial charge in [0, 0.05) is 29.6 Å². The maximum Gasteiger partial charge on any atom is 0.214 e. The summed E-state index contributed by atoms with van der Waals surface area (Å²) in [5.74, 6) is 0.672. The Labute approximate surface area is 127 Å². The van der Waals surface area contributed by atoms with Gasteiger partial charge in [0.15, 0.2) is 0 Å². The molecule has 0 N–H and O–H groups in total. The molecule has 0 amide bonds. The van der Waals surface area contributed by atoms with Gasteiger partial charge in [0.25, 0.3) is 0 Å². The first-order valence-electron chi connectivity index (χ1n) is 6.73. The first-order valence-corrected chi connectivity index (χ1v) is 7.52. The number of rotatable bonds is 5. The molecule has 3 rings (SSSR count). The third-order valence-corrected chi connectivity index (χ3v) is 3.86. The summed E-state index contributed by atoms with van der Waals surface area (Å²) in [5.41, 5.74) is 1.21. The van der Waals surface area contributed by atoms with E-state index in [-0.39, 0.29) is 6.10 Å². The number of pyridine rings is 1. The minimum atomic E-state index is 0.220. The molecule has 0 saturated heterocycles. The zero-order chi connectivity index (χ0) is 13.8. The lowest BCUT2D eigenvalue weighted by Crippen LogP contribution is -2.39. The topological polar surface area (TPSA) is 31.4 Å². The van der Waals surface area contributed by atoms with E-state index < -0.39 is 0 Å². The number of nitrogens with zero attached hydrogens (tertiary/aromatic N) is 1. The summed E-state index contributed by atoms with van der Waals surface area (Å²) in [5, 5.41) is 0. The Bertz CT molecular complexity index is 555. The van der Waals surface area contributed by atoms with Crippen LogP contribution in [0.3, 0.4) is 0 Å². The highest BCUT2D eigenvalue weighted by molar-refractivity contribution is 9.10. The van der Waals surface area contributed by atoms with Gasteiger partial charge in [-0.3, -0.25) is 0 Å². The molecule has 1 aromatic heterocycles. The molecule has 3 nitrogen and oxygen atoms in total. The second-order valence-electron chi connectivity index (χ2n) is 4.94. The maximum atomic E-state index is 5.85. The molecule has 1 aliphatic rings. The zero-order valence-electron chi connectivity index (χ0n) is 11.0. The summed E-state index contributed by atoms with van der Waals surface area (Å²) < 4.78 is 12.6. The lowest BCUT2D eigenvalue weighted by atomic mass is 9.92. The number of halogens is 1. The molecule has 0 atom stereocenters. The lowest BCUT2D eigenvalue weighted by molar-refractivity contribution is -0.0695. The largest absolute Gasteiger partial charge is 0.474 e. The van der Waals surface area contributed by atoms with Gasteiger partial charge in [-0.15, -0.1) is 0 Å². The van der Waals surface area contributed by atoms with Crippen LogP contribution in [-0.4, -0.2) is 17.2 Å². The van der Waals surface area contributed by atoms with Crippen molar-refractivity contribution >= 4 is 15.9 Å². The van der Waals surface area contributed by atoms with Crippen molar-refractivity contribution in [2.45, 2.75) is 31.7 Å². The van der Waals surface area contributed by atoms with Gasteiger partial charge in [-0.25, -0.2) is 4.98 Å². The van der Waals surface area contributed by atoms with Crippen LogP contribution in [0.2, 0.25) is 0 Å². The van der Waals surface area contributed by atoms with E-state index in [1.807, 2.05) is 30.3 Å². The molecule has 0 unspecified atom stereocenters. The van der Waals surface area contributed by atoms with Crippen molar-refractivity contribution in [2.75, 3.05) is 0 Å². The summed E-state index contributed by atoms with van der Waals surface area (Å²) in [7, 11) is 0. The van der Waals surface area contributed by atoms with Crippen molar-refractivity contribution in [3.63, 3.8) is 0 Å². The molecule has 104 valence electrons. The normalized spacial score (nSPS) is 21.2. The van der Waals surface area contributed by atoms with Crippen molar-refractivity contribution in [2.24, 2.45) is 0 Å². The Morgan fingerprint density at radius 1 is 1.10 bits per heavy atom. The fraction of sp³-hybridized carbons (Fsp3) is 0.312. The molecule has 1 aliphatic carbocycles. The third-order valence-electron chi connectivity index (χ3n) is 3.36. The predicted octanol–water partition coefficient (Wildman–Crippen LogP) is 3.97. The quantitative estimate of drug-likeness (QED) is 0.829. The number of benzene rings is 1. The SMILES string of the molecule is Brc1ccnc(O[C@H]2C[C@@H](OCc3ccccc3)C2)c1. The highest BCUT2D eigenvalue weighted by atomic mass is 79.9. The molecule has 0 bridgehead atoms. The van der Waals surface area contributed by atoms with Gasteiger partial charge in [-0.05, 0) is 11.6 Å². The number of ether oxygens (including phenoxy) is 2. The van der Waals surface area contributed by atoms with E-state index in [1.54, 1.807) is 6.20 Å². The molecular weight excluding hydrogens is 318 g/mol. The summed E-state index contributed by atoms with van der Waals surface area (Å²) >= 11 is 3.41. The highest BCUT2D eigenvalue weighted by Gasteiger charge is 2.31. The highest BCUT2D eigenvalue weighted by Crippen LogP contribution is 2.28. The van der Waals surface area contributed by atoms with Gasteiger partial charge >= 0.3 is 0 Å². The predicted molar refractivity (Wildman–Crippen MR) is 80.6 cm³/mol. The third kappa shape index (κ3) is 3.58. The van der Waals surface area contributed by atoms with E-state index in [0.29, 0.717) is 18.6 Å². The number of hydrogen-bond acceptors (Lipinski definition) is 3. The summed E-state index contributed by atoms with van der Waals surface area (Å²) in [6.45, 7) is 0.674. The smallest absolute Gasteiger partial charge is 0.214 e. The van der Waals surface area contributed by atoms with Gasteiger partial charge in [-0.2, -0.15) is 0 Å². The molecule has 0 radical (unpaired) electrons. The first-order chi connectivity index (χ1) is 9.79. The van der Waals surface area contributed by atoms with Gasteiger partial charge in [-0.1, -0.05) is 46.3 Å². The van der Waals surface area contributed by atoms with Crippen LogP contribution < -0.4 is 4.74 Å². The van der Waals surface area contributed by atoms with Crippen molar-refractivity contribution in [1.29, 1.82) is 0 Å². The van der Waals surface area contributed by atoms with E-state index in [1.165, 1.54) is 5.56 Å². The molecule has 2 aromatic rings. The molecule has 1 heterocycles. The van der Waals surface area contributed by atoms with Crippen LogP contribution in [0.1, 0.15) is 18.4 Å². The standard InChI is InChI=1S/C16H16BrNO2/c17-13-6-7-18-16(8-13)20-15-9-14(10-15)19-11-12-4-2-1-3-5-12/h1-8,14-15H,9-11H2/t14-,15+. The van der Waals surface area contributed by atoms with Crippen molar-refractivity contribution in [3.8, 4) is 5.88 Å². The Balaban J connectivity index is 1.41. The Morgan fingerprint density at radius 3 is 2.65 bits per heavy atom. The monoisotopic (exact) mass is 333 g/mol. The van der Waals surface area contributed by atoms with Crippen LogP contribution in [0.5, 0.6) is 5.88 Å². The molecule has 4 heteroatoms. The lowest BCUT2D eigenvalue weighted by Gasteiger charge is -2.34. The molecule has 1 fully saturated rings. The minimum Gasteiger partial charge on any atom is -0.474 e. The van der Waals surface area contributed by atoms with Crippen LogP contribution in [0.15, 0.2) is 53.1 Å². The zero-order valence-corrected chi connectivity index (χ0v) is 12.6. The fourth-order valence-electron chi connectivity index (χ4n) is 2.16. The number of aromatic nitrogens is 1. The van der Waals surface area contributed by atoms with E-state index in [2.05, 4.69) is 33.0 Å². The molecule has 0 aliphatic heterocycles. The van der Waals surface area contributed by atoms with Crippen LogP contribution >= 0.6 is 15.9 Å². The Morgan fingerprint density at radius 2 is 1.90 bits per heavy atom. The van der Waals surface area contributed by atoms with E-state index in [4.69, 9.17) is 9.47 Å². The van der Waals surface area contributed by atoms with Crippen molar-refractivity contribution in [3.05, 3.63) is 58.7 Å². The van der Waals surface area contributed by atoms with Crippen LogP contribution in [0.25, 0.3) is 0 Å². The van der Waals surface area contributed by atoms with Gasteiger partial charge in [0.1, 0.15) is 6.10 Å². The second-order valence-corrected chi connectivity index (χ2v) is 5.86. The van der Waals surface area contributed by atoms with E-state index >= 15 is 0 Å². The minimum absolute atomic E-state index is 0.220. The van der Waals surface area contributed by atoms with Gasteiger partial charge in [0.2, 0.25) is 5.88 Å². The average molecular weight is 334 g/mol. The molecule has 0 spiro atoms. The average Bonchev–Trinajstić information content (AvgIpc) is 2.42. The fourth-order valence-corrected chi connectivity index (χ4v) is 2.47. The second kappa shape index (κ2) is 6.37. The van der Waals surface area contributed by atoms with Crippen LogP contribution in [0.4, 0.5) is 0 Å².